The van der Waals surface area contributed by atoms with Crippen LogP contribution in [0, 0.1) is 34.5 Å². The molecular weight excluding hydrogens is 492 g/mol. The van der Waals surface area contributed by atoms with E-state index in [0.717, 1.165) is 63.4 Å². The number of carbonyl (C=O) groups excluding carboxylic acids is 1. The van der Waals surface area contributed by atoms with Crippen molar-refractivity contribution >= 4 is 5.97 Å². The van der Waals surface area contributed by atoms with E-state index < -0.39 is 42.9 Å². The summed E-state index contributed by atoms with van der Waals surface area (Å²) in [6.07, 6.45) is 3.41. The molecule has 5 N–H and O–H groups in total. The summed E-state index contributed by atoms with van der Waals surface area (Å²) in [5.74, 6) is 0.994. The van der Waals surface area contributed by atoms with Crippen molar-refractivity contribution in [1.82, 2.24) is 0 Å². The zero-order valence-corrected chi connectivity index (χ0v) is 22.5. The van der Waals surface area contributed by atoms with Crippen molar-refractivity contribution in [2.75, 3.05) is 13.2 Å². The summed E-state index contributed by atoms with van der Waals surface area (Å²) in [7, 11) is 0. The van der Waals surface area contributed by atoms with Crippen LogP contribution in [0.3, 0.4) is 0 Å². The molecule has 38 heavy (non-hydrogen) atoms. The first-order valence-electron chi connectivity index (χ1n) is 14.6. The Morgan fingerprint density at radius 3 is 2.47 bits per heavy atom. The fourth-order valence-corrected chi connectivity index (χ4v) is 9.86. The van der Waals surface area contributed by atoms with E-state index in [1.54, 1.807) is 6.08 Å². The summed E-state index contributed by atoms with van der Waals surface area (Å²) in [4.78, 5) is 11.8. The van der Waals surface area contributed by atoms with Crippen LogP contribution in [0.4, 0.5) is 0 Å². The van der Waals surface area contributed by atoms with Crippen molar-refractivity contribution in [1.29, 1.82) is 0 Å². The van der Waals surface area contributed by atoms with Crippen LogP contribution in [0.5, 0.6) is 0 Å². The van der Waals surface area contributed by atoms with E-state index >= 15 is 0 Å². The van der Waals surface area contributed by atoms with Crippen molar-refractivity contribution in [3.8, 4) is 0 Å². The Bertz CT molecular complexity index is 968. The van der Waals surface area contributed by atoms with Gasteiger partial charge in [0.25, 0.3) is 0 Å². The highest BCUT2D eigenvalue weighted by molar-refractivity contribution is 5.85. The third kappa shape index (κ3) is 3.87. The summed E-state index contributed by atoms with van der Waals surface area (Å²) in [5, 5.41) is 52.6. The fraction of sp³-hybridized carbons (Fsp3) is 0.897. The second-order valence-electron chi connectivity index (χ2n) is 13.5. The minimum atomic E-state index is -1.44. The van der Waals surface area contributed by atoms with Gasteiger partial charge in [-0.3, -0.25) is 0 Å². The molecule has 0 radical (unpaired) electrons. The first kappa shape index (κ1) is 27.1. The number of hydrogen-bond acceptors (Lipinski definition) is 9. The van der Waals surface area contributed by atoms with Crippen molar-refractivity contribution in [2.24, 2.45) is 34.5 Å². The highest BCUT2D eigenvalue weighted by Crippen LogP contribution is 2.70. The Labute approximate surface area is 224 Å². The Morgan fingerprint density at radius 2 is 1.76 bits per heavy atom. The topological polar surface area (TPSA) is 146 Å². The second kappa shape index (κ2) is 9.50. The molecule has 13 atom stereocenters. The number of cyclic esters (lactones) is 1. The van der Waals surface area contributed by atoms with Gasteiger partial charge in [-0.1, -0.05) is 13.8 Å². The quantitative estimate of drug-likeness (QED) is 0.266. The number of ether oxygens (including phenoxy) is 3. The summed E-state index contributed by atoms with van der Waals surface area (Å²) in [5.41, 5.74) is 0.141. The third-order valence-corrected chi connectivity index (χ3v) is 12.1. The first-order valence-corrected chi connectivity index (χ1v) is 14.6. The van der Waals surface area contributed by atoms with Gasteiger partial charge in [-0.05, 0) is 92.4 Å². The molecule has 9 nitrogen and oxygen atoms in total. The average molecular weight is 537 g/mol. The predicted octanol–water partition coefficient (Wildman–Crippen LogP) is 1.43. The van der Waals surface area contributed by atoms with E-state index in [4.69, 9.17) is 14.2 Å². The van der Waals surface area contributed by atoms with Crippen molar-refractivity contribution in [3.63, 3.8) is 0 Å². The van der Waals surface area contributed by atoms with Gasteiger partial charge in [-0.2, -0.15) is 0 Å². The molecule has 1 saturated heterocycles. The minimum Gasteiger partial charge on any atom is -0.458 e. The van der Waals surface area contributed by atoms with E-state index in [9.17, 15) is 30.3 Å². The van der Waals surface area contributed by atoms with Crippen LogP contribution in [-0.2, 0) is 19.0 Å². The molecule has 9 heteroatoms. The Hall–Kier alpha value is -1.07. The summed E-state index contributed by atoms with van der Waals surface area (Å²) < 4.78 is 17.0. The molecule has 0 unspecified atom stereocenters. The van der Waals surface area contributed by atoms with Gasteiger partial charge in [-0.25, -0.2) is 4.79 Å². The number of carbonyl (C=O) groups is 1. The third-order valence-electron chi connectivity index (χ3n) is 12.1. The molecule has 4 aliphatic carbocycles. The van der Waals surface area contributed by atoms with Crippen LogP contribution >= 0.6 is 0 Å². The van der Waals surface area contributed by atoms with Crippen molar-refractivity contribution < 1.29 is 44.5 Å². The molecule has 2 heterocycles. The SMILES string of the molecule is C[C@]12CC[C@H](O[C@H]3O[C@@H](CO)[C@H](O)[C@@H](O)[C@@H]3O)C[C@@H]1CC[C@H]1[C@@H]2CC[C@]2(C)[C@@H](C3=CC(=O)OC3)CC[C@]12O. The molecule has 0 aromatic rings. The van der Waals surface area contributed by atoms with Crippen LogP contribution in [0.15, 0.2) is 11.6 Å². The van der Waals surface area contributed by atoms with Gasteiger partial charge >= 0.3 is 5.97 Å². The van der Waals surface area contributed by atoms with Gasteiger partial charge < -0.3 is 39.7 Å². The molecule has 0 aromatic carbocycles. The monoisotopic (exact) mass is 536 g/mol. The van der Waals surface area contributed by atoms with E-state index in [-0.39, 0.29) is 34.7 Å². The van der Waals surface area contributed by atoms with Gasteiger partial charge in [0.15, 0.2) is 6.29 Å². The lowest BCUT2D eigenvalue weighted by molar-refractivity contribution is -0.317. The number of hydrogen-bond donors (Lipinski definition) is 5. The maximum Gasteiger partial charge on any atom is 0.331 e. The van der Waals surface area contributed by atoms with Crippen molar-refractivity contribution in [2.45, 2.75) is 114 Å². The Balaban J connectivity index is 1.15. The molecule has 5 fully saturated rings. The van der Waals surface area contributed by atoms with Crippen LogP contribution in [0.1, 0.15) is 71.6 Å². The summed E-state index contributed by atoms with van der Waals surface area (Å²) in [6.45, 7) is 4.52. The lowest BCUT2D eigenvalue weighted by atomic mass is 9.43. The highest BCUT2D eigenvalue weighted by atomic mass is 16.7. The van der Waals surface area contributed by atoms with Gasteiger partial charge in [0, 0.05) is 11.5 Å². The lowest BCUT2D eigenvalue weighted by Crippen LogP contribution is -2.63. The number of rotatable bonds is 4. The second-order valence-corrected chi connectivity index (χ2v) is 13.5. The number of aliphatic hydroxyl groups is 5. The number of aliphatic hydroxyl groups excluding tert-OH is 4. The molecule has 6 rings (SSSR count). The van der Waals surface area contributed by atoms with Gasteiger partial charge in [-0.15, -0.1) is 0 Å². The zero-order valence-electron chi connectivity index (χ0n) is 22.5. The molecule has 0 bridgehead atoms. The average Bonchev–Trinajstić information content (AvgIpc) is 3.44. The van der Waals surface area contributed by atoms with E-state index in [2.05, 4.69) is 13.8 Å². The smallest absolute Gasteiger partial charge is 0.331 e. The van der Waals surface area contributed by atoms with Gasteiger partial charge in [0.1, 0.15) is 31.0 Å². The van der Waals surface area contributed by atoms with Crippen molar-refractivity contribution in [3.05, 3.63) is 11.6 Å². The number of esters is 1. The van der Waals surface area contributed by atoms with E-state index in [1.807, 2.05) is 0 Å². The van der Waals surface area contributed by atoms with Crippen LogP contribution in [0.2, 0.25) is 0 Å². The Kier molecular flexibility index (Phi) is 6.78. The van der Waals surface area contributed by atoms with E-state index in [1.165, 1.54) is 0 Å². The summed E-state index contributed by atoms with van der Waals surface area (Å²) >= 11 is 0. The molecule has 6 aliphatic rings. The molecule has 4 saturated carbocycles. The lowest BCUT2D eigenvalue weighted by Gasteiger charge is -2.64. The molecule has 214 valence electrons. The molecule has 0 spiro atoms. The largest absolute Gasteiger partial charge is 0.458 e. The van der Waals surface area contributed by atoms with Crippen LogP contribution in [-0.4, -0.2) is 87.1 Å². The predicted molar refractivity (Wildman–Crippen MR) is 134 cm³/mol. The molecule has 0 aromatic heterocycles. The normalized spacial score (nSPS) is 54.5. The summed E-state index contributed by atoms with van der Waals surface area (Å²) in [6, 6.07) is 0. The fourth-order valence-electron chi connectivity index (χ4n) is 9.86. The number of fused-ring (bicyclic) bond motifs is 5. The van der Waals surface area contributed by atoms with Crippen LogP contribution in [0.25, 0.3) is 0 Å². The first-order chi connectivity index (χ1) is 18.0. The maximum absolute atomic E-state index is 12.4. The Morgan fingerprint density at radius 1 is 0.974 bits per heavy atom. The van der Waals surface area contributed by atoms with E-state index in [0.29, 0.717) is 18.4 Å². The van der Waals surface area contributed by atoms with Crippen LogP contribution < -0.4 is 0 Å². The van der Waals surface area contributed by atoms with Gasteiger partial charge in [0.05, 0.1) is 18.3 Å². The molecule has 2 aliphatic heterocycles. The maximum atomic E-state index is 12.4. The molecule has 0 amide bonds. The standard InChI is InChI=1S/C29H44O9/c1-27-8-5-17(37-26-25(34)24(33)23(32)21(13-30)38-26)12-16(27)3-4-20-19(27)6-9-28(2)18(7-10-29(20,28)35)15-11-22(31)36-14-15/h11,16-21,23-26,30,32-35H,3-10,12-14H2,1-2H3/t16-,17-,18+,19-,20-,21-,23-,24+,25-,26-,27-,28+,29-/m0/s1. The minimum absolute atomic E-state index is 0.0823. The zero-order chi connectivity index (χ0) is 27.0. The van der Waals surface area contributed by atoms with Gasteiger partial charge in [0.2, 0.25) is 0 Å². The highest BCUT2D eigenvalue weighted by Gasteiger charge is 2.67. The molecular formula is C29H44O9.